The zero-order valence-electron chi connectivity index (χ0n) is 10.2. The van der Waals surface area contributed by atoms with Crippen molar-refractivity contribution in [3.05, 3.63) is 10.1 Å². The summed E-state index contributed by atoms with van der Waals surface area (Å²) in [6, 6.07) is -1.12. The third-order valence-electron chi connectivity index (χ3n) is 1.91. The van der Waals surface area contributed by atoms with Crippen molar-refractivity contribution in [3.8, 4) is 0 Å². The van der Waals surface area contributed by atoms with Crippen LogP contribution in [0.1, 0.15) is 12.8 Å². The van der Waals surface area contributed by atoms with Gasteiger partial charge in [0.2, 0.25) is 0 Å². The summed E-state index contributed by atoms with van der Waals surface area (Å²) in [7, 11) is 1.11. The first-order valence-corrected chi connectivity index (χ1v) is 5.15. The van der Waals surface area contributed by atoms with Gasteiger partial charge in [0.15, 0.2) is 5.03 Å². The van der Waals surface area contributed by atoms with E-state index in [4.69, 9.17) is 10.8 Å². The van der Waals surface area contributed by atoms with Crippen LogP contribution in [0.5, 0.6) is 0 Å². The average Bonchev–Trinajstić information content (AvgIpc) is 2.31. The van der Waals surface area contributed by atoms with Gasteiger partial charge in [0.1, 0.15) is 6.04 Å². The fraction of sp³-hybridized carbons (Fsp3) is 0.625. The van der Waals surface area contributed by atoms with Gasteiger partial charge in [-0.3, -0.25) is 0 Å². The normalized spacial score (nSPS) is 12.4. The molecule has 0 aromatic rings. The molecule has 0 saturated carbocycles. The van der Waals surface area contributed by atoms with Gasteiger partial charge >= 0.3 is 12.1 Å². The van der Waals surface area contributed by atoms with Gasteiger partial charge in [-0.1, -0.05) is 5.43 Å². The number of methoxy groups -OCH3 is 1. The fourth-order valence-electron chi connectivity index (χ4n) is 1.08. The second kappa shape index (κ2) is 8.49. The Hall–Kier alpha value is -2.59. The number of nitro groups is 1. The van der Waals surface area contributed by atoms with Crippen molar-refractivity contribution in [2.24, 2.45) is 10.7 Å². The molecule has 0 aliphatic carbocycles. The second-order valence-corrected chi connectivity index (χ2v) is 3.30. The predicted octanol–water partition coefficient (Wildman–Crippen LogP) is -1.33. The summed E-state index contributed by atoms with van der Waals surface area (Å²) in [5.41, 5.74) is 6.78. The molecule has 0 fully saturated rings. The van der Waals surface area contributed by atoms with E-state index in [0.717, 1.165) is 7.11 Å². The van der Waals surface area contributed by atoms with E-state index in [1.807, 2.05) is 0 Å². The van der Waals surface area contributed by atoms with Crippen LogP contribution >= 0.6 is 0 Å². The van der Waals surface area contributed by atoms with E-state index < -0.39 is 23.1 Å². The van der Waals surface area contributed by atoms with Crippen LogP contribution in [0, 0.1) is 10.1 Å². The van der Waals surface area contributed by atoms with E-state index in [-0.39, 0.29) is 25.3 Å². The molecule has 0 aliphatic heterocycles. The molecule has 0 aromatic carbocycles. The highest BCUT2D eigenvalue weighted by atomic mass is 16.7. The molecule has 1 amide bonds. The lowest BCUT2D eigenvalue weighted by atomic mass is 10.1. The number of hydrogen-bond acceptors (Lipinski definition) is 6. The highest BCUT2D eigenvalue weighted by molar-refractivity contribution is 5.79. The maximum Gasteiger partial charge on any atom is 0.407 e. The van der Waals surface area contributed by atoms with Crippen molar-refractivity contribution >= 4 is 18.0 Å². The summed E-state index contributed by atoms with van der Waals surface area (Å²) >= 11 is 0. The molecule has 1 atom stereocenters. The Morgan fingerprint density at radius 3 is 2.68 bits per heavy atom. The molecule has 0 saturated heterocycles. The van der Waals surface area contributed by atoms with Crippen LogP contribution in [0.15, 0.2) is 4.99 Å². The highest BCUT2D eigenvalue weighted by Gasteiger charge is 2.19. The van der Waals surface area contributed by atoms with E-state index in [2.05, 4.69) is 15.0 Å². The number of nitrogens with one attached hydrogen (secondary N) is 2. The molecule has 0 radical (unpaired) electrons. The highest BCUT2D eigenvalue weighted by Crippen LogP contribution is 1.99. The monoisotopic (exact) mass is 277 g/mol. The van der Waals surface area contributed by atoms with Gasteiger partial charge in [-0.2, -0.15) is 0 Å². The molecule has 1 unspecified atom stereocenters. The van der Waals surface area contributed by atoms with E-state index in [1.54, 1.807) is 5.43 Å². The topological polar surface area (TPSA) is 169 Å². The number of alkyl carbamates (subject to hydrolysis) is 1. The Kier molecular flexibility index (Phi) is 7.34. The van der Waals surface area contributed by atoms with Crippen molar-refractivity contribution in [1.82, 2.24) is 10.7 Å². The molecule has 108 valence electrons. The summed E-state index contributed by atoms with van der Waals surface area (Å²) in [5, 5.41) is 20.1. The number of carbonyl (C=O) groups excluding carboxylic acids is 1. The average molecular weight is 277 g/mol. The lowest BCUT2D eigenvalue weighted by Gasteiger charge is -2.12. The molecule has 0 bridgehead atoms. The van der Waals surface area contributed by atoms with Crippen molar-refractivity contribution in [1.29, 1.82) is 0 Å². The number of ether oxygens (including phenoxy) is 1. The van der Waals surface area contributed by atoms with Crippen molar-refractivity contribution in [2.45, 2.75) is 18.9 Å². The molecule has 0 rings (SSSR count). The first kappa shape index (κ1) is 16.4. The summed E-state index contributed by atoms with van der Waals surface area (Å²) in [4.78, 5) is 35.2. The first-order valence-electron chi connectivity index (χ1n) is 5.15. The van der Waals surface area contributed by atoms with Crippen molar-refractivity contribution < 1.29 is 24.5 Å². The van der Waals surface area contributed by atoms with E-state index in [1.165, 1.54) is 0 Å². The zero-order chi connectivity index (χ0) is 14.8. The molecule has 11 nitrogen and oxygen atoms in total. The molecule has 0 aromatic heterocycles. The molecule has 0 spiro atoms. The van der Waals surface area contributed by atoms with Gasteiger partial charge < -0.3 is 20.9 Å². The zero-order valence-corrected chi connectivity index (χ0v) is 10.2. The van der Waals surface area contributed by atoms with Crippen LogP contribution < -0.4 is 16.5 Å². The number of nitrogens with zero attached hydrogens (tertiary/aromatic N) is 2. The Balaban J connectivity index is 4.10. The number of hydrazine groups is 1. The number of rotatable bonds is 7. The minimum atomic E-state index is -1.22. The van der Waals surface area contributed by atoms with Crippen molar-refractivity contribution in [2.75, 3.05) is 13.7 Å². The van der Waals surface area contributed by atoms with Crippen molar-refractivity contribution in [3.63, 3.8) is 0 Å². The van der Waals surface area contributed by atoms with Gasteiger partial charge in [-0.15, -0.1) is 0 Å². The Morgan fingerprint density at radius 2 is 2.21 bits per heavy atom. The smallest absolute Gasteiger partial charge is 0.407 e. The second-order valence-electron chi connectivity index (χ2n) is 3.30. The first-order chi connectivity index (χ1) is 8.86. The third kappa shape index (κ3) is 8.18. The summed E-state index contributed by atoms with van der Waals surface area (Å²) < 4.78 is 4.27. The van der Waals surface area contributed by atoms with Gasteiger partial charge in [-0.25, -0.2) is 24.7 Å². The summed E-state index contributed by atoms with van der Waals surface area (Å²) in [5.74, 6) is -1.59. The minimum absolute atomic E-state index is 0.0826. The Labute approximate surface area is 107 Å². The number of carboxylic acid groups (broad SMARTS) is 1. The van der Waals surface area contributed by atoms with Crippen LogP contribution in [0.2, 0.25) is 0 Å². The number of amides is 1. The quantitative estimate of drug-likeness (QED) is 0.146. The third-order valence-corrected chi connectivity index (χ3v) is 1.91. The van der Waals surface area contributed by atoms with E-state index in [9.17, 15) is 19.7 Å². The van der Waals surface area contributed by atoms with Gasteiger partial charge in [0.05, 0.1) is 7.11 Å². The number of aliphatic imine (C=N–C) groups is 1. The maximum absolute atomic E-state index is 10.9. The lowest BCUT2D eigenvalue weighted by molar-refractivity contribution is -0.525. The molecule has 5 N–H and O–H groups in total. The van der Waals surface area contributed by atoms with Gasteiger partial charge in [-0.05, 0) is 12.8 Å². The fourth-order valence-corrected chi connectivity index (χ4v) is 1.08. The summed E-state index contributed by atoms with van der Waals surface area (Å²) in [6.07, 6.45) is -0.508. The van der Waals surface area contributed by atoms with Crippen LogP contribution in [-0.4, -0.2) is 47.9 Å². The maximum atomic E-state index is 10.9. The molecule has 0 aliphatic rings. The number of carbonyl (C=O) groups is 2. The van der Waals surface area contributed by atoms with E-state index in [0.29, 0.717) is 0 Å². The molecular formula is C8H15N5O6. The Bertz CT molecular complexity index is 371. The number of carboxylic acids is 1. The van der Waals surface area contributed by atoms with Crippen LogP contribution in [0.3, 0.4) is 0 Å². The number of hydrogen-bond donors (Lipinski definition) is 4. The van der Waals surface area contributed by atoms with Crippen LogP contribution in [0.25, 0.3) is 0 Å². The van der Waals surface area contributed by atoms with Gasteiger partial charge in [0, 0.05) is 6.54 Å². The molecule has 0 heterocycles. The molecular weight excluding hydrogens is 262 g/mol. The number of guanidine groups is 1. The molecule has 11 heteroatoms. The van der Waals surface area contributed by atoms with Gasteiger partial charge in [0.25, 0.3) is 5.96 Å². The van der Waals surface area contributed by atoms with E-state index >= 15 is 0 Å². The number of aliphatic carboxylic acids is 1. The minimum Gasteiger partial charge on any atom is -0.480 e. The SMILES string of the molecule is COC(=O)NC(CCCN=C(N)N[N+](=O)[O-])C(=O)O. The largest absolute Gasteiger partial charge is 0.480 e. The molecule has 19 heavy (non-hydrogen) atoms. The predicted molar refractivity (Wildman–Crippen MR) is 62.8 cm³/mol. The number of nitrogens with two attached hydrogens (primary N) is 1. The Morgan fingerprint density at radius 1 is 1.58 bits per heavy atom. The lowest BCUT2D eigenvalue weighted by Crippen LogP contribution is -2.40. The summed E-state index contributed by atoms with van der Waals surface area (Å²) in [6.45, 7) is 0.0826. The van der Waals surface area contributed by atoms with Crippen LogP contribution in [0.4, 0.5) is 4.79 Å². The van der Waals surface area contributed by atoms with Crippen LogP contribution in [-0.2, 0) is 9.53 Å². The standard InChI is InChI=1S/C8H15N5O6/c1-19-8(16)11-5(6(14)15)3-2-4-10-7(9)12-13(17)18/h5H,2-4H2,1H3,(H,11,16)(H,14,15)(H3,9,10,12).